The zero-order chi connectivity index (χ0) is 12.8. The summed E-state index contributed by atoms with van der Waals surface area (Å²) in [6, 6.07) is 13.9. The molecule has 0 spiro atoms. The van der Waals surface area contributed by atoms with Crippen molar-refractivity contribution in [2.45, 2.75) is 6.42 Å². The zero-order valence-electron chi connectivity index (χ0n) is 10.1. The van der Waals surface area contributed by atoms with Crippen LogP contribution in [0.25, 0.3) is 10.8 Å². The van der Waals surface area contributed by atoms with Gasteiger partial charge in [0.2, 0.25) is 0 Å². The number of ether oxygens (including phenoxy) is 2. The van der Waals surface area contributed by atoms with Crippen LogP contribution in [0.2, 0.25) is 0 Å². The van der Waals surface area contributed by atoms with Crippen LogP contribution in [-0.4, -0.2) is 19.2 Å². The predicted molar refractivity (Wildman–Crippen MR) is 70.4 cm³/mol. The highest BCUT2D eigenvalue weighted by Crippen LogP contribution is 2.24. The summed E-state index contributed by atoms with van der Waals surface area (Å²) < 4.78 is 10.5. The Morgan fingerprint density at radius 1 is 1.06 bits per heavy atom. The zero-order valence-corrected chi connectivity index (χ0v) is 10.1. The minimum absolute atomic E-state index is 0.147. The lowest BCUT2D eigenvalue weighted by molar-refractivity contribution is -0.143. The van der Waals surface area contributed by atoms with Gasteiger partial charge in [0.05, 0.1) is 0 Å². The fourth-order valence-corrected chi connectivity index (χ4v) is 1.70. The summed E-state index contributed by atoms with van der Waals surface area (Å²) in [4.78, 5) is 10.9. The molecule has 0 saturated heterocycles. The van der Waals surface area contributed by atoms with Gasteiger partial charge in [0, 0.05) is 11.8 Å². The fraction of sp³-hybridized carbons (Fsp3) is 0.200. The Morgan fingerprint density at radius 3 is 2.67 bits per heavy atom. The molecule has 0 aliphatic carbocycles. The molecular formula is C15H15O3. The number of fused-ring (bicyclic) bond motifs is 1. The molecule has 18 heavy (non-hydrogen) atoms. The molecule has 0 saturated carbocycles. The Kier molecular flexibility index (Phi) is 4.18. The van der Waals surface area contributed by atoms with Crippen molar-refractivity contribution in [3.8, 4) is 5.75 Å². The number of esters is 1. The highest BCUT2D eigenvalue weighted by molar-refractivity contribution is 5.88. The standard InChI is InChI=1S/C15H15O3/c1-2-15(16)18-11-10-17-14-9-5-7-12-6-3-4-8-13(12)14/h3-9H,1-2,10-11H2. The average molecular weight is 243 g/mol. The lowest BCUT2D eigenvalue weighted by Gasteiger charge is -2.09. The van der Waals surface area contributed by atoms with Gasteiger partial charge in [-0.3, -0.25) is 4.79 Å². The molecule has 2 aromatic carbocycles. The minimum Gasteiger partial charge on any atom is -0.489 e. The van der Waals surface area contributed by atoms with Gasteiger partial charge in [0.15, 0.2) is 0 Å². The van der Waals surface area contributed by atoms with Crippen molar-refractivity contribution >= 4 is 16.7 Å². The summed E-state index contributed by atoms with van der Waals surface area (Å²) in [6.45, 7) is 4.04. The van der Waals surface area contributed by atoms with Crippen molar-refractivity contribution in [1.29, 1.82) is 0 Å². The molecule has 0 amide bonds. The first-order chi connectivity index (χ1) is 8.81. The van der Waals surface area contributed by atoms with Gasteiger partial charge in [-0.05, 0) is 18.4 Å². The van der Waals surface area contributed by atoms with E-state index in [1.54, 1.807) is 0 Å². The van der Waals surface area contributed by atoms with Gasteiger partial charge in [0.1, 0.15) is 19.0 Å². The van der Waals surface area contributed by atoms with E-state index in [0.29, 0.717) is 6.61 Å². The molecule has 0 N–H and O–H groups in total. The first-order valence-corrected chi connectivity index (χ1v) is 5.86. The first-order valence-electron chi connectivity index (χ1n) is 5.86. The fourth-order valence-electron chi connectivity index (χ4n) is 1.70. The van der Waals surface area contributed by atoms with Crippen molar-refractivity contribution in [3.05, 3.63) is 49.4 Å². The van der Waals surface area contributed by atoms with E-state index in [9.17, 15) is 4.79 Å². The Balaban J connectivity index is 1.97. The number of hydrogen-bond acceptors (Lipinski definition) is 3. The van der Waals surface area contributed by atoms with Crippen LogP contribution < -0.4 is 4.74 Å². The number of carbonyl (C=O) groups is 1. The molecule has 1 radical (unpaired) electrons. The van der Waals surface area contributed by atoms with Crippen LogP contribution >= 0.6 is 0 Å². The van der Waals surface area contributed by atoms with Gasteiger partial charge in [0.25, 0.3) is 0 Å². The third kappa shape index (κ3) is 3.00. The molecule has 2 aromatic rings. The van der Waals surface area contributed by atoms with E-state index >= 15 is 0 Å². The second-order valence-corrected chi connectivity index (χ2v) is 3.80. The van der Waals surface area contributed by atoms with E-state index < -0.39 is 0 Å². The van der Waals surface area contributed by atoms with Gasteiger partial charge in [-0.2, -0.15) is 0 Å². The summed E-state index contributed by atoms with van der Waals surface area (Å²) in [6.07, 6.45) is 0.147. The molecular weight excluding hydrogens is 228 g/mol. The summed E-state index contributed by atoms with van der Waals surface area (Å²) in [5, 5.41) is 2.19. The molecule has 0 atom stereocenters. The Morgan fingerprint density at radius 2 is 1.83 bits per heavy atom. The van der Waals surface area contributed by atoms with Crippen LogP contribution in [0.5, 0.6) is 5.75 Å². The minimum atomic E-state index is -0.309. The Labute approximate surface area is 106 Å². The molecule has 3 heteroatoms. The van der Waals surface area contributed by atoms with Gasteiger partial charge in [-0.1, -0.05) is 36.4 Å². The monoisotopic (exact) mass is 243 g/mol. The Bertz CT molecular complexity index is 529. The summed E-state index contributed by atoms with van der Waals surface area (Å²) in [7, 11) is 0. The normalized spacial score (nSPS) is 10.3. The number of benzene rings is 2. The quantitative estimate of drug-likeness (QED) is 0.598. The summed E-state index contributed by atoms with van der Waals surface area (Å²) >= 11 is 0. The molecule has 0 bridgehead atoms. The van der Waals surface area contributed by atoms with Crippen LogP contribution in [0.1, 0.15) is 6.42 Å². The van der Waals surface area contributed by atoms with Gasteiger partial charge >= 0.3 is 5.97 Å². The van der Waals surface area contributed by atoms with Crippen LogP contribution in [0, 0.1) is 6.92 Å². The maximum absolute atomic E-state index is 10.9. The molecule has 3 nitrogen and oxygen atoms in total. The second-order valence-electron chi connectivity index (χ2n) is 3.80. The molecule has 0 aliphatic heterocycles. The van der Waals surface area contributed by atoms with Gasteiger partial charge in [-0.25, -0.2) is 0 Å². The summed E-state index contributed by atoms with van der Waals surface area (Å²) in [5.74, 6) is 0.496. The van der Waals surface area contributed by atoms with Gasteiger partial charge < -0.3 is 9.47 Å². The third-order valence-corrected chi connectivity index (χ3v) is 2.56. The largest absolute Gasteiger partial charge is 0.489 e. The smallest absolute Gasteiger partial charge is 0.305 e. The highest BCUT2D eigenvalue weighted by Gasteiger charge is 2.02. The predicted octanol–water partition coefficient (Wildman–Crippen LogP) is 2.99. The van der Waals surface area contributed by atoms with Crippen LogP contribution in [-0.2, 0) is 9.53 Å². The number of carbonyl (C=O) groups excluding carboxylic acids is 1. The number of rotatable bonds is 5. The summed E-state index contributed by atoms with van der Waals surface area (Å²) in [5.41, 5.74) is 0. The molecule has 0 aromatic heterocycles. The van der Waals surface area contributed by atoms with Crippen LogP contribution in [0.4, 0.5) is 0 Å². The van der Waals surface area contributed by atoms with E-state index in [1.807, 2.05) is 42.5 Å². The first kappa shape index (κ1) is 12.4. The van der Waals surface area contributed by atoms with E-state index in [-0.39, 0.29) is 19.0 Å². The maximum Gasteiger partial charge on any atom is 0.305 e. The highest BCUT2D eigenvalue weighted by atomic mass is 16.6. The van der Waals surface area contributed by atoms with E-state index in [1.165, 1.54) is 0 Å². The SMILES string of the molecule is [CH2]CC(=O)OCCOc1cccc2ccccc12. The van der Waals surface area contributed by atoms with Crippen LogP contribution in [0.3, 0.4) is 0 Å². The molecule has 0 unspecified atom stereocenters. The van der Waals surface area contributed by atoms with Crippen molar-refractivity contribution in [1.82, 2.24) is 0 Å². The lowest BCUT2D eigenvalue weighted by atomic mass is 10.1. The van der Waals surface area contributed by atoms with Crippen molar-refractivity contribution in [2.24, 2.45) is 0 Å². The second kappa shape index (κ2) is 6.05. The topological polar surface area (TPSA) is 35.5 Å². The molecule has 2 rings (SSSR count). The van der Waals surface area contributed by atoms with Crippen molar-refractivity contribution < 1.29 is 14.3 Å². The van der Waals surface area contributed by atoms with Crippen molar-refractivity contribution in [2.75, 3.05) is 13.2 Å². The molecule has 93 valence electrons. The lowest BCUT2D eigenvalue weighted by Crippen LogP contribution is -2.11. The van der Waals surface area contributed by atoms with E-state index in [4.69, 9.17) is 9.47 Å². The maximum atomic E-state index is 10.9. The Hall–Kier alpha value is -2.03. The molecule has 0 heterocycles. The van der Waals surface area contributed by atoms with Crippen LogP contribution in [0.15, 0.2) is 42.5 Å². The van der Waals surface area contributed by atoms with E-state index in [2.05, 4.69) is 6.92 Å². The molecule has 0 fully saturated rings. The van der Waals surface area contributed by atoms with E-state index in [0.717, 1.165) is 16.5 Å². The number of hydrogen-bond donors (Lipinski definition) is 0. The van der Waals surface area contributed by atoms with Gasteiger partial charge in [-0.15, -0.1) is 0 Å². The average Bonchev–Trinajstić information content (AvgIpc) is 2.43. The molecule has 0 aliphatic rings. The van der Waals surface area contributed by atoms with Crippen molar-refractivity contribution in [3.63, 3.8) is 0 Å². The third-order valence-electron chi connectivity index (χ3n) is 2.56.